The Morgan fingerprint density at radius 1 is 1.17 bits per heavy atom. The summed E-state index contributed by atoms with van der Waals surface area (Å²) in [5.74, 6) is 0.886. The second-order valence-corrected chi connectivity index (χ2v) is 6.80. The Morgan fingerprint density at radius 3 is 2.57 bits per heavy atom. The third-order valence-electron chi connectivity index (χ3n) is 3.69. The fourth-order valence-electron chi connectivity index (χ4n) is 2.37. The maximum absolute atomic E-state index is 12.2. The largest absolute Gasteiger partial charge is 0.484 e. The summed E-state index contributed by atoms with van der Waals surface area (Å²) in [4.78, 5) is 12.2. The average Bonchev–Trinajstić information content (AvgIpc) is 2.50. The molecule has 122 valence electrons. The summed E-state index contributed by atoms with van der Waals surface area (Å²) in [6, 6.07) is 11.7. The van der Waals surface area contributed by atoms with Gasteiger partial charge in [0, 0.05) is 10.2 Å². The quantitative estimate of drug-likeness (QED) is 0.778. The number of rotatable bonds is 5. The fourth-order valence-corrected chi connectivity index (χ4v) is 2.62. The lowest BCUT2D eigenvalue weighted by Gasteiger charge is -2.16. The Morgan fingerprint density at radius 2 is 1.91 bits per heavy atom. The number of carbonyl (C=O) groups excluding carboxylic acids is 1. The zero-order valence-electron chi connectivity index (χ0n) is 13.9. The minimum atomic E-state index is -0.151. The Labute approximate surface area is 146 Å². The van der Waals surface area contributed by atoms with E-state index in [9.17, 15) is 4.79 Å². The van der Waals surface area contributed by atoms with Crippen molar-refractivity contribution in [1.29, 1.82) is 0 Å². The second kappa shape index (κ2) is 7.64. The van der Waals surface area contributed by atoms with Crippen molar-refractivity contribution >= 4 is 27.5 Å². The van der Waals surface area contributed by atoms with E-state index in [2.05, 4.69) is 35.1 Å². The molecule has 2 rings (SSSR count). The summed E-state index contributed by atoms with van der Waals surface area (Å²) in [5, 5.41) is 2.98. The van der Waals surface area contributed by atoms with Gasteiger partial charge in [0.1, 0.15) is 5.75 Å². The fraction of sp³-hybridized carbons (Fsp3) is 0.316. The van der Waals surface area contributed by atoms with Gasteiger partial charge in [-0.15, -0.1) is 0 Å². The van der Waals surface area contributed by atoms with Gasteiger partial charge in [0.15, 0.2) is 6.61 Å². The number of nitrogens with one attached hydrogen (secondary N) is 1. The number of amides is 1. The van der Waals surface area contributed by atoms with Gasteiger partial charge in [-0.05, 0) is 54.7 Å². The second-order valence-electron chi connectivity index (χ2n) is 5.94. The van der Waals surface area contributed by atoms with Crippen LogP contribution < -0.4 is 10.1 Å². The molecule has 0 spiro atoms. The van der Waals surface area contributed by atoms with Gasteiger partial charge in [0.2, 0.25) is 0 Å². The van der Waals surface area contributed by atoms with Crippen LogP contribution in [0, 0.1) is 13.8 Å². The number of halogens is 1. The third kappa shape index (κ3) is 4.58. The first kappa shape index (κ1) is 17.5. The maximum Gasteiger partial charge on any atom is 0.262 e. The van der Waals surface area contributed by atoms with Crippen LogP contribution in [0.5, 0.6) is 5.75 Å². The van der Waals surface area contributed by atoms with Crippen LogP contribution in [0.2, 0.25) is 0 Å². The van der Waals surface area contributed by atoms with Crippen LogP contribution in [0.1, 0.15) is 36.5 Å². The highest BCUT2D eigenvalue weighted by Gasteiger charge is 2.12. The van der Waals surface area contributed by atoms with Crippen molar-refractivity contribution in [3.63, 3.8) is 0 Å². The van der Waals surface area contributed by atoms with Gasteiger partial charge in [-0.3, -0.25) is 4.79 Å². The summed E-state index contributed by atoms with van der Waals surface area (Å²) in [6.45, 7) is 8.21. The number of aryl methyl sites for hydroxylation is 2. The van der Waals surface area contributed by atoms with Crippen LogP contribution in [-0.2, 0) is 4.79 Å². The van der Waals surface area contributed by atoms with E-state index in [4.69, 9.17) is 4.74 Å². The molecule has 0 aliphatic heterocycles. The maximum atomic E-state index is 12.2. The molecule has 0 unspecified atom stereocenters. The van der Waals surface area contributed by atoms with Crippen molar-refractivity contribution in [3.05, 3.63) is 57.6 Å². The Balaban J connectivity index is 2.04. The lowest BCUT2D eigenvalue weighted by Crippen LogP contribution is -2.21. The minimum Gasteiger partial charge on any atom is -0.484 e. The normalized spacial score (nSPS) is 10.7. The first-order valence-corrected chi connectivity index (χ1v) is 8.46. The monoisotopic (exact) mass is 375 g/mol. The zero-order chi connectivity index (χ0) is 17.0. The van der Waals surface area contributed by atoms with Gasteiger partial charge in [-0.25, -0.2) is 0 Å². The Bertz CT molecular complexity index is 711. The molecule has 1 amide bonds. The number of ether oxygens (including phenoxy) is 1. The summed E-state index contributed by atoms with van der Waals surface area (Å²) in [5.41, 5.74) is 4.16. The van der Waals surface area contributed by atoms with Gasteiger partial charge in [-0.2, -0.15) is 0 Å². The highest BCUT2D eigenvalue weighted by atomic mass is 79.9. The molecule has 0 aliphatic rings. The van der Waals surface area contributed by atoms with Crippen LogP contribution in [0.3, 0.4) is 0 Å². The van der Waals surface area contributed by atoms with Crippen LogP contribution in [0.4, 0.5) is 5.69 Å². The number of hydrogen-bond acceptors (Lipinski definition) is 2. The highest BCUT2D eigenvalue weighted by molar-refractivity contribution is 9.10. The Hall–Kier alpha value is -1.81. The van der Waals surface area contributed by atoms with Crippen molar-refractivity contribution in [3.8, 4) is 5.75 Å². The lowest BCUT2D eigenvalue weighted by molar-refractivity contribution is -0.118. The topological polar surface area (TPSA) is 38.3 Å². The molecule has 2 aromatic rings. The van der Waals surface area contributed by atoms with E-state index < -0.39 is 0 Å². The standard InChI is InChI=1S/C19H22BrNO2/c1-12(2)16-7-5-6-13(3)19(16)21-18(22)11-23-15-8-9-17(20)14(4)10-15/h5-10,12H,11H2,1-4H3,(H,21,22). The predicted molar refractivity (Wildman–Crippen MR) is 98.3 cm³/mol. The average molecular weight is 376 g/mol. The number of benzene rings is 2. The van der Waals surface area contributed by atoms with E-state index in [1.54, 1.807) is 0 Å². The van der Waals surface area contributed by atoms with Crippen molar-refractivity contribution in [2.24, 2.45) is 0 Å². The van der Waals surface area contributed by atoms with Crippen molar-refractivity contribution in [1.82, 2.24) is 0 Å². The van der Waals surface area contributed by atoms with Gasteiger partial charge in [-0.1, -0.05) is 48.0 Å². The van der Waals surface area contributed by atoms with E-state index >= 15 is 0 Å². The molecule has 23 heavy (non-hydrogen) atoms. The van der Waals surface area contributed by atoms with E-state index in [0.29, 0.717) is 11.7 Å². The molecule has 0 bridgehead atoms. The molecule has 0 saturated carbocycles. The van der Waals surface area contributed by atoms with Crippen LogP contribution in [0.15, 0.2) is 40.9 Å². The van der Waals surface area contributed by atoms with Crippen LogP contribution >= 0.6 is 15.9 Å². The number of anilines is 1. The molecule has 0 fully saturated rings. The molecule has 0 radical (unpaired) electrons. The molecule has 0 aliphatic carbocycles. The Kier molecular flexibility index (Phi) is 5.83. The molecule has 0 aromatic heterocycles. The number of hydrogen-bond donors (Lipinski definition) is 1. The van der Waals surface area contributed by atoms with Crippen molar-refractivity contribution in [2.75, 3.05) is 11.9 Å². The molecule has 0 atom stereocenters. The van der Waals surface area contributed by atoms with Gasteiger partial charge in [0.05, 0.1) is 0 Å². The first-order chi connectivity index (χ1) is 10.9. The third-order valence-corrected chi connectivity index (χ3v) is 4.58. The number of carbonyl (C=O) groups is 1. The van der Waals surface area contributed by atoms with Crippen LogP contribution in [-0.4, -0.2) is 12.5 Å². The van der Waals surface area contributed by atoms with Gasteiger partial charge < -0.3 is 10.1 Å². The molecule has 1 N–H and O–H groups in total. The van der Waals surface area contributed by atoms with Crippen molar-refractivity contribution in [2.45, 2.75) is 33.6 Å². The van der Waals surface area contributed by atoms with E-state index in [1.165, 1.54) is 0 Å². The highest BCUT2D eigenvalue weighted by Crippen LogP contribution is 2.27. The SMILES string of the molecule is Cc1cc(OCC(=O)Nc2c(C)cccc2C(C)C)ccc1Br. The van der Waals surface area contributed by atoms with E-state index in [0.717, 1.165) is 26.9 Å². The van der Waals surface area contributed by atoms with Gasteiger partial charge in [0.25, 0.3) is 5.91 Å². The smallest absolute Gasteiger partial charge is 0.262 e. The molecule has 3 nitrogen and oxygen atoms in total. The van der Waals surface area contributed by atoms with Crippen molar-refractivity contribution < 1.29 is 9.53 Å². The van der Waals surface area contributed by atoms with Crippen LogP contribution in [0.25, 0.3) is 0 Å². The molecular weight excluding hydrogens is 354 g/mol. The molecule has 2 aromatic carbocycles. The molecule has 4 heteroatoms. The zero-order valence-corrected chi connectivity index (χ0v) is 15.5. The first-order valence-electron chi connectivity index (χ1n) is 7.66. The van der Waals surface area contributed by atoms with E-state index in [1.807, 2.05) is 50.2 Å². The predicted octanol–water partition coefficient (Wildman–Crippen LogP) is 5.21. The summed E-state index contributed by atoms with van der Waals surface area (Å²) >= 11 is 3.45. The molecule has 0 heterocycles. The molecule has 0 saturated heterocycles. The minimum absolute atomic E-state index is 0.00700. The van der Waals surface area contributed by atoms with E-state index in [-0.39, 0.29) is 12.5 Å². The lowest BCUT2D eigenvalue weighted by atomic mass is 9.98. The summed E-state index contributed by atoms with van der Waals surface area (Å²) < 4.78 is 6.61. The van der Waals surface area contributed by atoms with Gasteiger partial charge >= 0.3 is 0 Å². The molecular formula is C19H22BrNO2. The summed E-state index contributed by atoms with van der Waals surface area (Å²) in [7, 11) is 0. The number of para-hydroxylation sites is 1. The summed E-state index contributed by atoms with van der Waals surface area (Å²) in [6.07, 6.45) is 0.